The van der Waals surface area contributed by atoms with Crippen molar-refractivity contribution in [3.8, 4) is 0 Å². The quantitative estimate of drug-likeness (QED) is 0.821. The van der Waals surface area contributed by atoms with Gasteiger partial charge in [-0.05, 0) is 55.8 Å². The number of hydrogen-bond donors (Lipinski definition) is 1. The number of carbonyl (C=O) groups is 1. The molecular weight excluding hydrogens is 383 g/mol. The summed E-state index contributed by atoms with van der Waals surface area (Å²) in [5, 5.41) is 3.68. The van der Waals surface area contributed by atoms with E-state index in [-0.39, 0.29) is 0 Å². The molecule has 1 amide bonds. The molecule has 5 nitrogen and oxygen atoms in total. The minimum Gasteiger partial charge on any atom is -0.324 e. The number of sulfonamides is 1. The summed E-state index contributed by atoms with van der Waals surface area (Å²) in [6, 6.07) is 10.4. The second-order valence-electron chi connectivity index (χ2n) is 5.66. The molecule has 25 heavy (non-hydrogen) atoms. The molecule has 2 aromatic carbocycles. The summed E-state index contributed by atoms with van der Waals surface area (Å²) in [7, 11) is -3.68. The highest BCUT2D eigenvalue weighted by Crippen LogP contribution is 2.24. The largest absolute Gasteiger partial charge is 0.324 e. The number of benzene rings is 2. The molecule has 0 unspecified atom stereocenters. The van der Waals surface area contributed by atoms with Gasteiger partial charge in [0.2, 0.25) is 15.9 Å². The molecule has 0 saturated heterocycles. The van der Waals surface area contributed by atoms with Crippen LogP contribution in [0.25, 0.3) is 0 Å². The molecule has 0 bridgehead atoms. The Balaban J connectivity index is 2.29. The van der Waals surface area contributed by atoms with Gasteiger partial charge in [0, 0.05) is 15.7 Å². The highest BCUT2D eigenvalue weighted by atomic mass is 35.5. The van der Waals surface area contributed by atoms with Crippen molar-refractivity contribution >= 4 is 50.5 Å². The maximum atomic E-state index is 12.6. The lowest BCUT2D eigenvalue weighted by atomic mass is 10.2. The Kier molecular flexibility index (Phi) is 5.98. The Morgan fingerprint density at radius 3 is 2.24 bits per heavy atom. The van der Waals surface area contributed by atoms with E-state index in [1.54, 1.807) is 42.5 Å². The number of halogens is 2. The van der Waals surface area contributed by atoms with Crippen LogP contribution in [-0.2, 0) is 14.8 Å². The third-order valence-electron chi connectivity index (χ3n) is 3.61. The molecule has 8 heteroatoms. The Hall–Kier alpha value is -1.76. The van der Waals surface area contributed by atoms with Crippen molar-refractivity contribution in [3.05, 3.63) is 58.1 Å². The fraction of sp³-hybridized carbons (Fsp3) is 0.235. The zero-order valence-corrected chi connectivity index (χ0v) is 16.3. The zero-order valence-electron chi connectivity index (χ0n) is 14.0. The van der Waals surface area contributed by atoms with Crippen molar-refractivity contribution in [1.82, 2.24) is 0 Å². The summed E-state index contributed by atoms with van der Waals surface area (Å²) < 4.78 is 25.5. The van der Waals surface area contributed by atoms with E-state index in [1.165, 1.54) is 6.92 Å². The summed E-state index contributed by atoms with van der Waals surface area (Å²) in [5.74, 6) is -0.472. The smallest absolute Gasteiger partial charge is 0.247 e. The Morgan fingerprint density at radius 1 is 1.12 bits per heavy atom. The lowest BCUT2D eigenvalue weighted by Crippen LogP contribution is -2.45. The van der Waals surface area contributed by atoms with Crippen molar-refractivity contribution in [2.75, 3.05) is 15.9 Å². The summed E-state index contributed by atoms with van der Waals surface area (Å²) in [4.78, 5) is 12.6. The van der Waals surface area contributed by atoms with Crippen molar-refractivity contribution in [3.63, 3.8) is 0 Å². The van der Waals surface area contributed by atoms with Gasteiger partial charge in [-0.25, -0.2) is 8.42 Å². The lowest BCUT2D eigenvalue weighted by molar-refractivity contribution is -0.116. The van der Waals surface area contributed by atoms with Gasteiger partial charge >= 0.3 is 0 Å². The molecular formula is C17H18Cl2N2O3S. The number of nitrogens with one attached hydrogen (secondary N) is 1. The number of aryl methyl sites for hydroxylation is 1. The van der Waals surface area contributed by atoms with Crippen molar-refractivity contribution in [2.24, 2.45) is 0 Å². The van der Waals surface area contributed by atoms with Crippen LogP contribution in [-0.4, -0.2) is 26.6 Å². The van der Waals surface area contributed by atoms with Crippen LogP contribution in [0.3, 0.4) is 0 Å². The average Bonchev–Trinajstić information content (AvgIpc) is 2.51. The highest BCUT2D eigenvalue weighted by molar-refractivity contribution is 7.92. The minimum absolute atomic E-state index is 0.358. The lowest BCUT2D eigenvalue weighted by Gasteiger charge is -2.28. The van der Waals surface area contributed by atoms with E-state index in [1.807, 2.05) is 6.92 Å². The van der Waals surface area contributed by atoms with Gasteiger partial charge in [0.15, 0.2) is 0 Å². The van der Waals surface area contributed by atoms with Crippen molar-refractivity contribution in [2.45, 2.75) is 19.9 Å². The fourth-order valence-electron chi connectivity index (χ4n) is 2.31. The molecule has 0 aromatic heterocycles. The van der Waals surface area contributed by atoms with Crippen LogP contribution in [0.15, 0.2) is 42.5 Å². The normalized spacial score (nSPS) is 12.5. The third-order valence-corrected chi connectivity index (χ3v) is 5.51. The Bertz CT molecular complexity index is 883. The molecule has 0 spiro atoms. The molecule has 0 fully saturated rings. The van der Waals surface area contributed by atoms with E-state index < -0.39 is 22.0 Å². The van der Waals surface area contributed by atoms with Gasteiger partial charge in [-0.3, -0.25) is 9.10 Å². The van der Waals surface area contributed by atoms with Crippen molar-refractivity contribution < 1.29 is 13.2 Å². The minimum atomic E-state index is -3.68. The second-order valence-corrected chi connectivity index (χ2v) is 8.37. The zero-order chi connectivity index (χ0) is 18.8. The molecule has 0 aliphatic heterocycles. The first-order valence-electron chi connectivity index (χ1n) is 7.41. The molecule has 1 atom stereocenters. The first kappa shape index (κ1) is 19.6. The van der Waals surface area contributed by atoms with Gasteiger partial charge in [-0.2, -0.15) is 0 Å². The Labute approximate surface area is 157 Å². The number of anilines is 2. The van der Waals surface area contributed by atoms with Crippen molar-refractivity contribution in [1.29, 1.82) is 0 Å². The van der Waals surface area contributed by atoms with Crippen LogP contribution in [0.4, 0.5) is 11.4 Å². The van der Waals surface area contributed by atoms with Crippen LogP contribution < -0.4 is 9.62 Å². The molecule has 134 valence electrons. The topological polar surface area (TPSA) is 66.5 Å². The summed E-state index contributed by atoms with van der Waals surface area (Å²) in [6.45, 7) is 3.36. The van der Waals surface area contributed by atoms with Crippen LogP contribution in [0.5, 0.6) is 0 Å². The number of carbonyl (C=O) groups excluding carboxylic acids is 1. The van der Waals surface area contributed by atoms with E-state index in [2.05, 4.69) is 5.32 Å². The molecule has 1 N–H and O–H groups in total. The second kappa shape index (κ2) is 7.64. The molecule has 2 rings (SSSR count). The molecule has 2 aromatic rings. The highest BCUT2D eigenvalue weighted by Gasteiger charge is 2.29. The molecule has 0 aliphatic carbocycles. The third kappa shape index (κ3) is 4.87. The van der Waals surface area contributed by atoms with Gasteiger partial charge in [-0.1, -0.05) is 29.3 Å². The van der Waals surface area contributed by atoms with Crippen LogP contribution in [0.2, 0.25) is 10.0 Å². The van der Waals surface area contributed by atoms with E-state index >= 15 is 0 Å². The number of amides is 1. The predicted octanol–water partition coefficient (Wildman–Crippen LogP) is 4.10. The SMILES string of the molecule is Cc1ccc(NC(=O)[C@H](C)N(c2ccc(Cl)cc2)S(C)(=O)=O)cc1Cl. The standard InChI is InChI=1S/C17H18Cl2N2O3S/c1-11-4-7-14(10-16(11)19)20-17(22)12(2)21(25(3,23)24)15-8-5-13(18)6-9-15/h4-10,12H,1-3H3,(H,20,22)/t12-/m0/s1. The molecule has 0 heterocycles. The van der Waals surface area contributed by atoms with Crippen LogP contribution in [0, 0.1) is 6.92 Å². The van der Waals surface area contributed by atoms with E-state index in [0.29, 0.717) is 21.4 Å². The van der Waals surface area contributed by atoms with Gasteiger partial charge in [0.1, 0.15) is 6.04 Å². The van der Waals surface area contributed by atoms with E-state index in [9.17, 15) is 13.2 Å². The average molecular weight is 401 g/mol. The Morgan fingerprint density at radius 2 is 1.72 bits per heavy atom. The van der Waals surface area contributed by atoms with Crippen LogP contribution >= 0.6 is 23.2 Å². The maximum Gasteiger partial charge on any atom is 0.247 e. The van der Waals surface area contributed by atoms with Gasteiger partial charge in [-0.15, -0.1) is 0 Å². The summed E-state index contributed by atoms with van der Waals surface area (Å²) in [6.07, 6.45) is 1.05. The number of hydrogen-bond acceptors (Lipinski definition) is 3. The van der Waals surface area contributed by atoms with Gasteiger partial charge in [0.25, 0.3) is 0 Å². The number of rotatable bonds is 5. The first-order valence-corrected chi connectivity index (χ1v) is 10.0. The first-order chi connectivity index (χ1) is 11.6. The van der Waals surface area contributed by atoms with Gasteiger partial charge < -0.3 is 5.32 Å². The number of nitrogens with zero attached hydrogens (tertiary/aromatic N) is 1. The molecule has 0 radical (unpaired) electrons. The van der Waals surface area contributed by atoms with Gasteiger partial charge in [0.05, 0.1) is 11.9 Å². The maximum absolute atomic E-state index is 12.6. The van der Waals surface area contributed by atoms with E-state index in [0.717, 1.165) is 16.1 Å². The monoisotopic (exact) mass is 400 g/mol. The molecule has 0 aliphatic rings. The predicted molar refractivity (Wildman–Crippen MR) is 103 cm³/mol. The fourth-order valence-corrected chi connectivity index (χ4v) is 3.80. The van der Waals surface area contributed by atoms with E-state index in [4.69, 9.17) is 23.2 Å². The molecule has 0 saturated carbocycles. The summed E-state index contributed by atoms with van der Waals surface area (Å²) in [5.41, 5.74) is 1.74. The van der Waals surface area contributed by atoms with Crippen LogP contribution in [0.1, 0.15) is 12.5 Å². The summed E-state index contributed by atoms with van der Waals surface area (Å²) >= 11 is 11.9.